The van der Waals surface area contributed by atoms with Crippen LogP contribution in [0.15, 0.2) is 37.0 Å². The SMILES string of the molecule is C=CC=CC.O=C1OC(=O)C2CCC=CC12. The van der Waals surface area contributed by atoms with Crippen molar-refractivity contribution in [1.29, 1.82) is 0 Å². The number of allylic oxidation sites excluding steroid dienone is 4. The Kier molecular flexibility index (Phi) is 4.70. The molecule has 0 aromatic heterocycles. The number of fused-ring (bicyclic) bond motifs is 1. The van der Waals surface area contributed by atoms with Gasteiger partial charge in [-0.3, -0.25) is 9.59 Å². The fourth-order valence-electron chi connectivity index (χ4n) is 1.72. The number of cyclic esters (lactones) is 2. The van der Waals surface area contributed by atoms with E-state index in [-0.39, 0.29) is 23.8 Å². The van der Waals surface area contributed by atoms with Crippen LogP contribution < -0.4 is 0 Å². The van der Waals surface area contributed by atoms with Gasteiger partial charge < -0.3 is 4.74 Å². The van der Waals surface area contributed by atoms with E-state index in [0.717, 1.165) is 12.8 Å². The van der Waals surface area contributed by atoms with Crippen molar-refractivity contribution in [2.45, 2.75) is 19.8 Å². The number of carbonyl (C=O) groups excluding carboxylic acids is 2. The summed E-state index contributed by atoms with van der Waals surface area (Å²) in [4.78, 5) is 21.9. The van der Waals surface area contributed by atoms with E-state index >= 15 is 0 Å². The lowest BCUT2D eigenvalue weighted by Gasteiger charge is -2.12. The molecule has 0 N–H and O–H groups in total. The molecular formula is C13H16O3. The Morgan fingerprint density at radius 1 is 1.44 bits per heavy atom. The highest BCUT2D eigenvalue weighted by Gasteiger charge is 2.43. The van der Waals surface area contributed by atoms with Crippen LogP contribution in [0.1, 0.15) is 19.8 Å². The molecule has 0 spiro atoms. The summed E-state index contributed by atoms with van der Waals surface area (Å²) < 4.78 is 4.48. The lowest BCUT2D eigenvalue weighted by atomic mass is 9.86. The molecule has 1 aliphatic heterocycles. The molecule has 0 aromatic rings. The standard InChI is InChI=1S/C8H8O3.C5H8/c9-7-5-3-1-2-4-6(5)8(10)11-7;1-3-5-4-2/h1,3,5-6H,2,4H2;3-5H,1H2,2H3. The zero-order chi connectivity index (χ0) is 12.0. The number of carbonyl (C=O) groups is 2. The highest BCUT2D eigenvalue weighted by molar-refractivity contribution is 5.97. The fraction of sp³-hybridized carbons (Fsp3) is 0.385. The van der Waals surface area contributed by atoms with E-state index < -0.39 is 0 Å². The maximum atomic E-state index is 10.9. The van der Waals surface area contributed by atoms with E-state index in [4.69, 9.17) is 0 Å². The third kappa shape index (κ3) is 2.92. The van der Waals surface area contributed by atoms with Gasteiger partial charge in [-0.1, -0.05) is 37.0 Å². The molecule has 2 rings (SSSR count). The van der Waals surface area contributed by atoms with E-state index in [2.05, 4.69) is 11.3 Å². The Balaban J connectivity index is 0.000000221. The van der Waals surface area contributed by atoms with Crippen molar-refractivity contribution in [2.75, 3.05) is 0 Å². The number of rotatable bonds is 1. The van der Waals surface area contributed by atoms with Crippen LogP contribution in [0.25, 0.3) is 0 Å². The van der Waals surface area contributed by atoms with Crippen LogP contribution in [-0.4, -0.2) is 11.9 Å². The summed E-state index contributed by atoms with van der Waals surface area (Å²) in [5.41, 5.74) is 0. The van der Waals surface area contributed by atoms with Crippen molar-refractivity contribution in [3.63, 3.8) is 0 Å². The van der Waals surface area contributed by atoms with Crippen LogP contribution >= 0.6 is 0 Å². The van der Waals surface area contributed by atoms with E-state index in [1.54, 1.807) is 12.2 Å². The summed E-state index contributed by atoms with van der Waals surface area (Å²) in [6, 6.07) is 0. The molecule has 2 aliphatic rings. The summed E-state index contributed by atoms with van der Waals surface area (Å²) >= 11 is 0. The molecule has 3 nitrogen and oxygen atoms in total. The molecule has 0 radical (unpaired) electrons. The summed E-state index contributed by atoms with van der Waals surface area (Å²) in [6.07, 6.45) is 10.9. The predicted molar refractivity (Wildman–Crippen MR) is 61.5 cm³/mol. The summed E-state index contributed by atoms with van der Waals surface area (Å²) in [6.45, 7) is 5.42. The minimum absolute atomic E-state index is 0.188. The predicted octanol–water partition coefficient (Wildman–Crippen LogP) is 2.40. The molecule has 0 amide bonds. The van der Waals surface area contributed by atoms with Crippen molar-refractivity contribution in [3.05, 3.63) is 37.0 Å². The third-order valence-electron chi connectivity index (χ3n) is 2.53. The Morgan fingerprint density at radius 2 is 2.19 bits per heavy atom. The van der Waals surface area contributed by atoms with Gasteiger partial charge in [0.1, 0.15) is 0 Å². The van der Waals surface area contributed by atoms with Gasteiger partial charge in [0.2, 0.25) is 0 Å². The van der Waals surface area contributed by atoms with Gasteiger partial charge in [0.05, 0.1) is 11.8 Å². The molecular weight excluding hydrogens is 204 g/mol. The molecule has 0 aromatic carbocycles. The van der Waals surface area contributed by atoms with Crippen LogP contribution in [0.4, 0.5) is 0 Å². The topological polar surface area (TPSA) is 43.4 Å². The molecule has 86 valence electrons. The first-order chi connectivity index (χ1) is 7.70. The van der Waals surface area contributed by atoms with Crippen LogP contribution in [0.5, 0.6) is 0 Å². The van der Waals surface area contributed by atoms with Crippen molar-refractivity contribution >= 4 is 11.9 Å². The molecule has 0 saturated carbocycles. The first-order valence-electron chi connectivity index (χ1n) is 5.36. The van der Waals surface area contributed by atoms with Gasteiger partial charge in [0, 0.05) is 0 Å². The van der Waals surface area contributed by atoms with Gasteiger partial charge in [-0.25, -0.2) is 0 Å². The number of hydrogen-bond donors (Lipinski definition) is 0. The van der Waals surface area contributed by atoms with Crippen molar-refractivity contribution in [1.82, 2.24) is 0 Å². The number of hydrogen-bond acceptors (Lipinski definition) is 3. The highest BCUT2D eigenvalue weighted by atomic mass is 16.6. The Labute approximate surface area is 95.5 Å². The van der Waals surface area contributed by atoms with Gasteiger partial charge in [-0.15, -0.1) is 0 Å². The molecule has 1 aliphatic carbocycles. The lowest BCUT2D eigenvalue weighted by Crippen LogP contribution is -2.17. The van der Waals surface area contributed by atoms with Crippen molar-refractivity contribution in [3.8, 4) is 0 Å². The van der Waals surface area contributed by atoms with E-state index in [1.165, 1.54) is 0 Å². The fourth-order valence-corrected chi connectivity index (χ4v) is 1.72. The summed E-state index contributed by atoms with van der Waals surface area (Å²) in [7, 11) is 0. The Morgan fingerprint density at radius 3 is 2.69 bits per heavy atom. The van der Waals surface area contributed by atoms with E-state index in [9.17, 15) is 9.59 Å². The molecule has 1 saturated heterocycles. The maximum Gasteiger partial charge on any atom is 0.321 e. The zero-order valence-electron chi connectivity index (χ0n) is 9.39. The molecule has 2 unspecified atom stereocenters. The second-order valence-electron chi connectivity index (χ2n) is 3.64. The van der Waals surface area contributed by atoms with Gasteiger partial charge >= 0.3 is 11.9 Å². The molecule has 0 bridgehead atoms. The van der Waals surface area contributed by atoms with Crippen LogP contribution in [0.2, 0.25) is 0 Å². The molecule has 1 fully saturated rings. The van der Waals surface area contributed by atoms with Gasteiger partial charge in [-0.2, -0.15) is 0 Å². The normalized spacial score (nSPS) is 27.1. The van der Waals surface area contributed by atoms with Gasteiger partial charge in [0.15, 0.2) is 0 Å². The smallest absolute Gasteiger partial charge is 0.321 e. The first kappa shape index (κ1) is 12.4. The van der Waals surface area contributed by atoms with Gasteiger partial charge in [0.25, 0.3) is 0 Å². The summed E-state index contributed by atoms with van der Waals surface area (Å²) in [5, 5.41) is 0. The minimum Gasteiger partial charge on any atom is -0.392 e. The van der Waals surface area contributed by atoms with Crippen molar-refractivity contribution < 1.29 is 14.3 Å². The Hall–Kier alpha value is -1.64. The second-order valence-corrected chi connectivity index (χ2v) is 3.64. The van der Waals surface area contributed by atoms with E-state index in [0.29, 0.717) is 0 Å². The average Bonchev–Trinajstić information content (AvgIpc) is 2.58. The van der Waals surface area contributed by atoms with Gasteiger partial charge in [-0.05, 0) is 19.8 Å². The van der Waals surface area contributed by atoms with Crippen molar-refractivity contribution in [2.24, 2.45) is 11.8 Å². The molecule has 16 heavy (non-hydrogen) atoms. The van der Waals surface area contributed by atoms with Crippen LogP contribution in [-0.2, 0) is 14.3 Å². The largest absolute Gasteiger partial charge is 0.392 e. The lowest BCUT2D eigenvalue weighted by molar-refractivity contribution is -0.153. The second kappa shape index (κ2) is 6.05. The monoisotopic (exact) mass is 220 g/mol. The maximum absolute atomic E-state index is 10.9. The number of ether oxygens (including phenoxy) is 1. The highest BCUT2D eigenvalue weighted by Crippen LogP contribution is 2.32. The molecule has 3 heteroatoms. The van der Waals surface area contributed by atoms with Crippen LogP contribution in [0.3, 0.4) is 0 Å². The first-order valence-corrected chi connectivity index (χ1v) is 5.36. The summed E-state index contributed by atoms with van der Waals surface area (Å²) in [5.74, 6) is -1.19. The Bertz CT molecular complexity index is 339. The third-order valence-corrected chi connectivity index (χ3v) is 2.53. The average molecular weight is 220 g/mol. The number of esters is 2. The molecule has 2 atom stereocenters. The molecule has 1 heterocycles. The van der Waals surface area contributed by atoms with E-state index in [1.807, 2.05) is 25.2 Å². The zero-order valence-corrected chi connectivity index (χ0v) is 9.39. The minimum atomic E-state index is -0.379. The van der Waals surface area contributed by atoms with Crippen LogP contribution in [0, 0.1) is 11.8 Å². The quantitative estimate of drug-likeness (QED) is 0.295.